The van der Waals surface area contributed by atoms with Crippen LogP contribution >= 0.6 is 0 Å². The monoisotopic (exact) mass is 446 g/mol. The van der Waals surface area contributed by atoms with Gasteiger partial charge < -0.3 is 29.9 Å². The number of rotatable bonds is 2. The molecule has 0 radical (unpaired) electrons. The maximum atomic E-state index is 13.9. The minimum Gasteiger partial charge on any atom is -0.347 e. The van der Waals surface area contributed by atoms with Gasteiger partial charge in [0.25, 0.3) is 0 Å². The second-order valence-electron chi connectivity index (χ2n) is 7.65. The number of urea groups is 2. The molecule has 2 fully saturated rings. The van der Waals surface area contributed by atoms with Crippen molar-refractivity contribution in [3.63, 3.8) is 0 Å². The number of para-hydroxylation sites is 1. The molecule has 1 unspecified atom stereocenters. The fourth-order valence-electron chi connectivity index (χ4n) is 3.71. The number of nitrogens with one attached hydrogen (secondary N) is 2. The molecule has 2 aliphatic heterocycles. The summed E-state index contributed by atoms with van der Waals surface area (Å²) in [6.07, 6.45) is 0.587. The van der Waals surface area contributed by atoms with Crippen molar-refractivity contribution >= 4 is 23.4 Å². The zero-order chi connectivity index (χ0) is 22.6. The maximum Gasteiger partial charge on any atom is 0.322 e. The van der Waals surface area contributed by atoms with Crippen LogP contribution in [0, 0.1) is 11.6 Å². The standard InChI is InChI=1S/C22H24F2N4O4/c23-16-6-8-17(9-7-16)25-20(29)27-10-3-12-31-22(14-27)15-28(11-13-32-22)21(30)26-19-5-2-1-4-18(19)24/h1-2,4-9H,3,10-15H2,(H,25,29)(H,26,30). The molecule has 170 valence electrons. The Morgan fingerprint density at radius 3 is 2.25 bits per heavy atom. The van der Waals surface area contributed by atoms with Gasteiger partial charge >= 0.3 is 12.1 Å². The van der Waals surface area contributed by atoms with Gasteiger partial charge in [-0.3, -0.25) is 0 Å². The molecule has 0 saturated carbocycles. The van der Waals surface area contributed by atoms with Crippen molar-refractivity contribution in [1.82, 2.24) is 9.80 Å². The molecular formula is C22H24F2N4O4. The number of benzene rings is 2. The number of amides is 4. The van der Waals surface area contributed by atoms with E-state index < -0.39 is 23.5 Å². The van der Waals surface area contributed by atoms with Gasteiger partial charge in [0.1, 0.15) is 11.6 Å². The summed E-state index contributed by atoms with van der Waals surface area (Å²) in [4.78, 5) is 28.6. The molecular weight excluding hydrogens is 422 g/mol. The van der Waals surface area contributed by atoms with Crippen LogP contribution in [0.1, 0.15) is 6.42 Å². The SMILES string of the molecule is O=C(Nc1ccc(F)cc1)N1CCCOC2(C1)CN(C(=O)Nc1ccccc1F)CCO2. The predicted octanol–water partition coefficient (Wildman–Crippen LogP) is 3.48. The first-order chi connectivity index (χ1) is 15.4. The Hall–Kier alpha value is -3.24. The summed E-state index contributed by atoms with van der Waals surface area (Å²) in [5, 5.41) is 5.30. The molecule has 2 heterocycles. The lowest BCUT2D eigenvalue weighted by Crippen LogP contribution is -2.60. The molecule has 32 heavy (non-hydrogen) atoms. The summed E-state index contributed by atoms with van der Waals surface area (Å²) in [5.74, 6) is -2.12. The summed E-state index contributed by atoms with van der Waals surface area (Å²) in [6.45, 7) is 1.46. The molecule has 4 rings (SSSR count). The highest BCUT2D eigenvalue weighted by Gasteiger charge is 2.43. The number of nitrogens with zero attached hydrogens (tertiary/aromatic N) is 2. The fourth-order valence-corrected chi connectivity index (χ4v) is 3.71. The topological polar surface area (TPSA) is 83.1 Å². The Balaban J connectivity index is 1.43. The Bertz CT molecular complexity index is 975. The summed E-state index contributed by atoms with van der Waals surface area (Å²) in [7, 11) is 0. The number of hydrogen-bond donors (Lipinski definition) is 2. The van der Waals surface area contributed by atoms with E-state index in [1.165, 1.54) is 41.3 Å². The van der Waals surface area contributed by atoms with Crippen LogP contribution in [0.2, 0.25) is 0 Å². The third kappa shape index (κ3) is 5.14. The van der Waals surface area contributed by atoms with Crippen molar-refractivity contribution < 1.29 is 27.8 Å². The van der Waals surface area contributed by atoms with Gasteiger partial charge in [-0.25, -0.2) is 18.4 Å². The van der Waals surface area contributed by atoms with E-state index in [4.69, 9.17) is 9.47 Å². The first-order valence-corrected chi connectivity index (χ1v) is 10.3. The van der Waals surface area contributed by atoms with Crippen LogP contribution in [-0.2, 0) is 9.47 Å². The van der Waals surface area contributed by atoms with Crippen molar-refractivity contribution in [3.8, 4) is 0 Å². The van der Waals surface area contributed by atoms with Crippen LogP contribution in [0.5, 0.6) is 0 Å². The molecule has 4 amide bonds. The molecule has 1 atom stereocenters. The van der Waals surface area contributed by atoms with Crippen LogP contribution in [0.15, 0.2) is 48.5 Å². The van der Waals surface area contributed by atoms with Crippen molar-refractivity contribution in [3.05, 3.63) is 60.2 Å². The Morgan fingerprint density at radius 2 is 1.50 bits per heavy atom. The minimum absolute atomic E-state index is 0.0770. The fraction of sp³-hybridized carbons (Fsp3) is 0.364. The average molecular weight is 446 g/mol. The number of hydrogen-bond acceptors (Lipinski definition) is 4. The van der Waals surface area contributed by atoms with E-state index in [2.05, 4.69) is 10.6 Å². The lowest BCUT2D eigenvalue weighted by Gasteiger charge is -2.42. The van der Waals surface area contributed by atoms with E-state index >= 15 is 0 Å². The first kappa shape index (κ1) is 22.0. The van der Waals surface area contributed by atoms with E-state index in [-0.39, 0.29) is 31.4 Å². The zero-order valence-corrected chi connectivity index (χ0v) is 17.4. The Labute approximate surface area is 184 Å². The van der Waals surface area contributed by atoms with Gasteiger partial charge in [-0.05, 0) is 42.8 Å². The van der Waals surface area contributed by atoms with Crippen LogP contribution in [0.4, 0.5) is 29.7 Å². The Morgan fingerprint density at radius 1 is 0.844 bits per heavy atom. The minimum atomic E-state index is -1.19. The first-order valence-electron chi connectivity index (χ1n) is 10.3. The summed E-state index contributed by atoms with van der Waals surface area (Å²) < 4.78 is 38.9. The average Bonchev–Trinajstić information content (AvgIpc) is 2.99. The number of carbonyl (C=O) groups excluding carboxylic acids is 2. The molecule has 0 bridgehead atoms. The van der Waals surface area contributed by atoms with Gasteiger partial charge in [-0.1, -0.05) is 12.1 Å². The van der Waals surface area contributed by atoms with Crippen molar-refractivity contribution in [2.24, 2.45) is 0 Å². The van der Waals surface area contributed by atoms with Crippen LogP contribution in [0.3, 0.4) is 0 Å². The molecule has 1 spiro atoms. The molecule has 2 aromatic rings. The molecule has 8 nitrogen and oxygen atoms in total. The summed E-state index contributed by atoms with van der Waals surface area (Å²) in [6, 6.07) is 10.5. The van der Waals surface area contributed by atoms with Gasteiger partial charge in [0.15, 0.2) is 0 Å². The smallest absolute Gasteiger partial charge is 0.322 e. The lowest BCUT2D eigenvalue weighted by atomic mass is 10.2. The molecule has 2 aromatic carbocycles. The van der Waals surface area contributed by atoms with Crippen LogP contribution in [-0.4, -0.2) is 67.0 Å². The third-order valence-corrected chi connectivity index (χ3v) is 5.31. The van der Waals surface area contributed by atoms with E-state index in [1.54, 1.807) is 17.0 Å². The highest BCUT2D eigenvalue weighted by atomic mass is 19.1. The molecule has 2 aliphatic rings. The summed E-state index contributed by atoms with van der Waals surface area (Å²) >= 11 is 0. The highest BCUT2D eigenvalue weighted by Crippen LogP contribution is 2.26. The van der Waals surface area contributed by atoms with E-state index in [1.807, 2.05) is 0 Å². The van der Waals surface area contributed by atoms with Gasteiger partial charge in [-0.2, -0.15) is 0 Å². The maximum absolute atomic E-state index is 13.9. The number of carbonyl (C=O) groups is 2. The molecule has 10 heteroatoms. The van der Waals surface area contributed by atoms with Gasteiger partial charge in [0.05, 0.1) is 32.0 Å². The van der Waals surface area contributed by atoms with E-state index in [0.717, 1.165) is 0 Å². The molecule has 0 aromatic heterocycles. The van der Waals surface area contributed by atoms with Crippen molar-refractivity contribution in [1.29, 1.82) is 0 Å². The number of halogens is 2. The molecule has 0 aliphatic carbocycles. The normalized spacial score (nSPS) is 21.2. The highest BCUT2D eigenvalue weighted by molar-refractivity contribution is 5.90. The van der Waals surface area contributed by atoms with E-state index in [0.29, 0.717) is 31.8 Å². The van der Waals surface area contributed by atoms with Gasteiger partial charge in [0, 0.05) is 18.8 Å². The number of morpholine rings is 1. The molecule has 2 saturated heterocycles. The van der Waals surface area contributed by atoms with Gasteiger partial charge in [-0.15, -0.1) is 0 Å². The Kier molecular flexibility index (Phi) is 6.52. The zero-order valence-electron chi connectivity index (χ0n) is 17.4. The lowest BCUT2D eigenvalue weighted by molar-refractivity contribution is -0.258. The van der Waals surface area contributed by atoms with Crippen molar-refractivity contribution in [2.45, 2.75) is 12.2 Å². The second-order valence-corrected chi connectivity index (χ2v) is 7.65. The number of ether oxygens (including phenoxy) is 2. The summed E-state index contributed by atoms with van der Waals surface area (Å²) in [5.41, 5.74) is 0.547. The predicted molar refractivity (Wildman–Crippen MR) is 113 cm³/mol. The quantitative estimate of drug-likeness (QED) is 0.740. The van der Waals surface area contributed by atoms with Crippen molar-refractivity contribution in [2.75, 3.05) is 50.0 Å². The van der Waals surface area contributed by atoms with Crippen LogP contribution < -0.4 is 10.6 Å². The van der Waals surface area contributed by atoms with E-state index in [9.17, 15) is 18.4 Å². The number of anilines is 2. The largest absolute Gasteiger partial charge is 0.347 e. The second kappa shape index (κ2) is 9.49. The third-order valence-electron chi connectivity index (χ3n) is 5.31. The van der Waals surface area contributed by atoms with Gasteiger partial charge in [0.2, 0.25) is 5.79 Å². The van der Waals surface area contributed by atoms with Crippen LogP contribution in [0.25, 0.3) is 0 Å². The molecule has 2 N–H and O–H groups in total.